The lowest BCUT2D eigenvalue weighted by atomic mass is 9.84. The number of hydrogen-bond donors (Lipinski definition) is 1. The Balaban J connectivity index is 1.87. The molecule has 1 saturated heterocycles. The van der Waals surface area contributed by atoms with E-state index in [2.05, 4.69) is 10.1 Å². The van der Waals surface area contributed by atoms with Crippen LogP contribution in [0.2, 0.25) is 0 Å². The highest BCUT2D eigenvalue weighted by molar-refractivity contribution is 5.09. The summed E-state index contributed by atoms with van der Waals surface area (Å²) in [7, 11) is 0. The Hall–Kier alpha value is -0.980. The molecule has 6 nitrogen and oxygen atoms in total. The van der Waals surface area contributed by atoms with E-state index in [-0.39, 0.29) is 5.60 Å². The summed E-state index contributed by atoms with van der Waals surface area (Å²) in [5.41, 5.74) is 5.26. The van der Waals surface area contributed by atoms with E-state index < -0.39 is 5.54 Å². The highest BCUT2D eigenvalue weighted by Gasteiger charge is 2.43. The van der Waals surface area contributed by atoms with Gasteiger partial charge in [-0.15, -0.1) is 0 Å². The van der Waals surface area contributed by atoms with Crippen LogP contribution >= 0.6 is 0 Å². The van der Waals surface area contributed by atoms with Crippen molar-refractivity contribution in [3.63, 3.8) is 0 Å². The molecule has 3 rings (SSSR count). The van der Waals surface area contributed by atoms with Crippen LogP contribution in [0.1, 0.15) is 57.2 Å². The summed E-state index contributed by atoms with van der Waals surface area (Å²) < 4.78 is 16.8. The summed E-state index contributed by atoms with van der Waals surface area (Å²) in [6, 6.07) is 0. The van der Waals surface area contributed by atoms with Crippen LogP contribution in [0.5, 0.6) is 0 Å². The third-order valence-electron chi connectivity index (χ3n) is 4.39. The molecule has 20 heavy (non-hydrogen) atoms. The van der Waals surface area contributed by atoms with Gasteiger partial charge >= 0.3 is 0 Å². The van der Waals surface area contributed by atoms with Crippen molar-refractivity contribution in [2.45, 2.75) is 56.6 Å². The van der Waals surface area contributed by atoms with Crippen LogP contribution in [0.25, 0.3) is 0 Å². The van der Waals surface area contributed by atoms with Crippen molar-refractivity contribution in [2.75, 3.05) is 19.8 Å². The van der Waals surface area contributed by atoms with Gasteiger partial charge in [0.2, 0.25) is 11.7 Å². The van der Waals surface area contributed by atoms with Crippen LogP contribution in [-0.4, -0.2) is 30.0 Å². The maximum Gasteiger partial charge on any atom is 0.249 e. The Morgan fingerprint density at radius 3 is 2.70 bits per heavy atom. The minimum atomic E-state index is -0.632. The molecule has 1 aliphatic carbocycles. The average molecular weight is 281 g/mol. The fourth-order valence-electron chi connectivity index (χ4n) is 3.19. The number of nitrogens with two attached hydrogens (primary N) is 1. The van der Waals surface area contributed by atoms with Crippen LogP contribution in [0.4, 0.5) is 0 Å². The van der Waals surface area contributed by atoms with E-state index in [1.165, 1.54) is 6.42 Å². The lowest BCUT2D eigenvalue weighted by Crippen LogP contribution is -2.38. The zero-order valence-corrected chi connectivity index (χ0v) is 12.1. The maximum atomic E-state index is 6.28. The van der Waals surface area contributed by atoms with E-state index in [1.807, 2.05) is 6.92 Å². The van der Waals surface area contributed by atoms with Gasteiger partial charge in [0.1, 0.15) is 11.1 Å². The van der Waals surface area contributed by atoms with Gasteiger partial charge in [-0.2, -0.15) is 4.98 Å². The van der Waals surface area contributed by atoms with Gasteiger partial charge < -0.3 is 19.7 Å². The van der Waals surface area contributed by atoms with Gasteiger partial charge in [-0.25, -0.2) is 0 Å². The summed E-state index contributed by atoms with van der Waals surface area (Å²) in [5.74, 6) is 1.14. The Kier molecular flexibility index (Phi) is 3.79. The Morgan fingerprint density at radius 1 is 1.25 bits per heavy atom. The quantitative estimate of drug-likeness (QED) is 0.906. The topological polar surface area (TPSA) is 83.4 Å². The summed E-state index contributed by atoms with van der Waals surface area (Å²) in [4.78, 5) is 4.57. The van der Waals surface area contributed by atoms with Gasteiger partial charge in [0.05, 0.1) is 6.61 Å². The molecular weight excluding hydrogens is 258 g/mol. The molecule has 2 fully saturated rings. The normalized spacial score (nSPS) is 29.7. The summed E-state index contributed by atoms with van der Waals surface area (Å²) in [5, 5.41) is 4.17. The first-order valence-corrected chi connectivity index (χ1v) is 7.54. The van der Waals surface area contributed by atoms with Crippen molar-refractivity contribution in [3.05, 3.63) is 11.7 Å². The largest absolute Gasteiger partial charge is 0.379 e. The molecule has 6 heteroatoms. The molecule has 1 unspecified atom stereocenters. The number of ether oxygens (including phenoxy) is 2. The van der Waals surface area contributed by atoms with Crippen molar-refractivity contribution >= 4 is 0 Å². The van der Waals surface area contributed by atoms with E-state index in [1.54, 1.807) is 0 Å². The molecule has 1 aliphatic heterocycles. The van der Waals surface area contributed by atoms with E-state index in [0.29, 0.717) is 31.5 Å². The van der Waals surface area contributed by atoms with E-state index in [9.17, 15) is 0 Å². The molecule has 2 aliphatic rings. The molecule has 1 saturated carbocycles. The van der Waals surface area contributed by atoms with Crippen LogP contribution in [0, 0.1) is 0 Å². The van der Waals surface area contributed by atoms with Gasteiger partial charge in [-0.1, -0.05) is 24.4 Å². The van der Waals surface area contributed by atoms with Gasteiger partial charge in [0.15, 0.2) is 0 Å². The van der Waals surface area contributed by atoms with Crippen LogP contribution in [0.3, 0.4) is 0 Å². The molecule has 0 aromatic carbocycles. The number of nitrogens with zero attached hydrogens (tertiary/aromatic N) is 2. The third-order valence-corrected chi connectivity index (χ3v) is 4.39. The van der Waals surface area contributed by atoms with E-state index in [0.717, 1.165) is 32.1 Å². The third kappa shape index (κ3) is 2.36. The Labute approximate surface area is 119 Å². The molecule has 0 bridgehead atoms. The first-order valence-electron chi connectivity index (χ1n) is 7.54. The molecule has 112 valence electrons. The Morgan fingerprint density at radius 2 is 2.05 bits per heavy atom. The van der Waals surface area contributed by atoms with E-state index >= 15 is 0 Å². The molecular formula is C14H23N3O3. The predicted octanol–water partition coefficient (Wildman–Crippen LogP) is 1.84. The number of hydrogen-bond acceptors (Lipinski definition) is 6. The zero-order chi connectivity index (χ0) is 14.1. The van der Waals surface area contributed by atoms with Gasteiger partial charge in [-0.3, -0.25) is 0 Å². The minimum absolute atomic E-state index is 0.384. The smallest absolute Gasteiger partial charge is 0.249 e. The Bertz CT molecular complexity index is 443. The minimum Gasteiger partial charge on any atom is -0.379 e. The van der Waals surface area contributed by atoms with Gasteiger partial charge in [0, 0.05) is 13.2 Å². The first-order chi connectivity index (χ1) is 9.69. The van der Waals surface area contributed by atoms with Crippen LogP contribution in [0.15, 0.2) is 4.52 Å². The molecule has 2 N–H and O–H groups in total. The van der Waals surface area contributed by atoms with Gasteiger partial charge in [-0.05, 0) is 26.2 Å². The lowest BCUT2D eigenvalue weighted by Gasteiger charge is -2.34. The van der Waals surface area contributed by atoms with Crippen LogP contribution < -0.4 is 5.73 Å². The predicted molar refractivity (Wildman–Crippen MR) is 72.0 cm³/mol. The highest BCUT2D eigenvalue weighted by Crippen LogP contribution is 2.40. The first kappa shape index (κ1) is 14.0. The van der Waals surface area contributed by atoms with Crippen molar-refractivity contribution in [1.82, 2.24) is 10.1 Å². The van der Waals surface area contributed by atoms with E-state index in [4.69, 9.17) is 19.7 Å². The highest BCUT2D eigenvalue weighted by atomic mass is 16.5. The molecule has 0 spiro atoms. The number of aromatic nitrogens is 2. The summed E-state index contributed by atoms with van der Waals surface area (Å²) in [6.07, 6.45) is 6.15. The number of rotatable bonds is 4. The fraction of sp³-hybridized carbons (Fsp3) is 0.857. The summed E-state index contributed by atoms with van der Waals surface area (Å²) in [6.45, 7) is 3.74. The second kappa shape index (κ2) is 5.42. The second-order valence-corrected chi connectivity index (χ2v) is 5.87. The molecule has 2 heterocycles. The lowest BCUT2D eigenvalue weighted by molar-refractivity contribution is -0.0777. The van der Waals surface area contributed by atoms with Crippen molar-refractivity contribution < 1.29 is 14.0 Å². The van der Waals surface area contributed by atoms with Gasteiger partial charge in [0.25, 0.3) is 0 Å². The molecule has 1 atom stereocenters. The molecule has 0 amide bonds. The maximum absolute atomic E-state index is 6.28. The van der Waals surface area contributed by atoms with Crippen molar-refractivity contribution in [3.8, 4) is 0 Å². The second-order valence-electron chi connectivity index (χ2n) is 5.87. The van der Waals surface area contributed by atoms with Crippen LogP contribution in [-0.2, 0) is 20.6 Å². The zero-order valence-electron chi connectivity index (χ0n) is 12.1. The fourth-order valence-corrected chi connectivity index (χ4v) is 3.19. The molecule has 1 aromatic rings. The standard InChI is InChI=1S/C14H23N3O3/c1-2-19-14(6-4-3-5-7-14)11-16-12(20-17-11)13(15)8-9-18-10-13/h2-10,15H2,1H3. The van der Waals surface area contributed by atoms with Crippen molar-refractivity contribution in [2.24, 2.45) is 5.73 Å². The summed E-state index contributed by atoms with van der Waals surface area (Å²) >= 11 is 0. The monoisotopic (exact) mass is 281 g/mol. The average Bonchev–Trinajstić information content (AvgIpc) is 3.10. The SMILES string of the molecule is CCOC1(c2noc(C3(N)CCOC3)n2)CCCCC1. The van der Waals surface area contributed by atoms with Crippen molar-refractivity contribution in [1.29, 1.82) is 0 Å². The molecule has 1 aromatic heterocycles. The molecule has 0 radical (unpaired) electrons.